The molecule has 2 aliphatic heterocycles. The van der Waals surface area contributed by atoms with Crippen molar-refractivity contribution in [2.75, 3.05) is 32.7 Å². The lowest BCUT2D eigenvalue weighted by atomic mass is 9.85. The summed E-state index contributed by atoms with van der Waals surface area (Å²) < 4.78 is 2.09. The largest absolute Gasteiger partial charge is 0.325 e. The van der Waals surface area contributed by atoms with Gasteiger partial charge < -0.3 is 19.7 Å². The van der Waals surface area contributed by atoms with Crippen LogP contribution in [0, 0.1) is 0 Å². The third kappa shape index (κ3) is 6.40. The first-order valence-electron chi connectivity index (χ1n) is 12.8. The Morgan fingerprint density at radius 3 is 2.62 bits per heavy atom. The normalized spacial score (nSPS) is 20.1. The van der Waals surface area contributed by atoms with Crippen LogP contribution in [-0.2, 0) is 6.54 Å². The number of nitrogens with zero attached hydrogens (tertiary/aromatic N) is 5. The molecule has 198 valence electrons. The molecule has 3 aromatic rings. The third-order valence-electron chi connectivity index (χ3n) is 7.29. The fourth-order valence-corrected chi connectivity index (χ4v) is 5.74. The van der Waals surface area contributed by atoms with Gasteiger partial charge in [0, 0.05) is 50.2 Å². The first-order chi connectivity index (χ1) is 17.6. The monoisotopic (exact) mass is 562 g/mol. The molecule has 0 saturated carbocycles. The van der Waals surface area contributed by atoms with Gasteiger partial charge in [-0.2, -0.15) is 0 Å². The average molecular weight is 564 g/mol. The van der Waals surface area contributed by atoms with Gasteiger partial charge in [0.2, 0.25) is 0 Å². The Morgan fingerprint density at radius 1 is 1.00 bits per heavy atom. The van der Waals surface area contributed by atoms with Crippen molar-refractivity contribution < 1.29 is 4.79 Å². The van der Waals surface area contributed by atoms with Gasteiger partial charge in [-0.3, -0.25) is 0 Å². The number of benzene rings is 2. The van der Waals surface area contributed by atoms with Crippen LogP contribution in [0.4, 0.5) is 4.79 Å². The molecular formula is C27H33Cl3N6O. The highest BCUT2D eigenvalue weighted by Gasteiger charge is 2.37. The number of piperidine rings is 1. The number of urea groups is 1. The van der Waals surface area contributed by atoms with Gasteiger partial charge >= 0.3 is 6.03 Å². The van der Waals surface area contributed by atoms with Crippen molar-refractivity contribution in [1.29, 1.82) is 0 Å². The van der Waals surface area contributed by atoms with E-state index in [9.17, 15) is 4.79 Å². The second-order valence-electron chi connectivity index (χ2n) is 9.58. The van der Waals surface area contributed by atoms with Gasteiger partial charge in [-0.05, 0) is 49.9 Å². The molecule has 0 spiro atoms. The zero-order valence-corrected chi connectivity index (χ0v) is 23.1. The standard InChI is InChI=1S/C27H32Cl2N6O.ClH/c28-23-10-9-21(17-24(23)29)22-18-30-12-11-25(22)35-16-6-15-33(27(35)36)13-4-5-14-34-19-31-32-26(34)20-7-2-1-3-8-20;/h1-3,7-10,17,19,22,25,30H,4-6,11-16,18H2;1H. The summed E-state index contributed by atoms with van der Waals surface area (Å²) in [7, 11) is 0. The maximum absolute atomic E-state index is 13.5. The molecule has 0 radical (unpaired) electrons. The highest BCUT2D eigenvalue weighted by atomic mass is 35.5. The van der Waals surface area contributed by atoms with Crippen molar-refractivity contribution in [2.45, 2.75) is 44.2 Å². The predicted octanol–water partition coefficient (Wildman–Crippen LogP) is 5.73. The minimum absolute atomic E-state index is 0. The molecule has 0 bridgehead atoms. The van der Waals surface area contributed by atoms with Crippen LogP contribution in [0.3, 0.4) is 0 Å². The Morgan fingerprint density at radius 2 is 1.81 bits per heavy atom. The highest BCUT2D eigenvalue weighted by molar-refractivity contribution is 6.42. The topological polar surface area (TPSA) is 66.3 Å². The Bertz CT molecular complexity index is 1170. The number of aromatic nitrogens is 3. The van der Waals surface area contributed by atoms with Crippen molar-refractivity contribution in [1.82, 2.24) is 29.9 Å². The van der Waals surface area contributed by atoms with E-state index in [2.05, 4.69) is 25.0 Å². The Balaban J connectivity index is 0.00000320. The van der Waals surface area contributed by atoms with Crippen LogP contribution in [-0.4, -0.2) is 69.4 Å². The maximum atomic E-state index is 13.5. The van der Waals surface area contributed by atoms with Crippen molar-refractivity contribution >= 4 is 41.6 Å². The van der Waals surface area contributed by atoms with E-state index in [4.69, 9.17) is 23.2 Å². The zero-order chi connectivity index (χ0) is 24.9. The lowest BCUT2D eigenvalue weighted by Gasteiger charge is -2.45. The first-order valence-corrected chi connectivity index (χ1v) is 13.5. The van der Waals surface area contributed by atoms with Gasteiger partial charge in [-0.25, -0.2) is 4.79 Å². The molecule has 5 rings (SSSR count). The maximum Gasteiger partial charge on any atom is 0.320 e. The van der Waals surface area contributed by atoms with E-state index < -0.39 is 0 Å². The number of hydrogen-bond acceptors (Lipinski definition) is 4. The Labute approximate surface area is 234 Å². The van der Waals surface area contributed by atoms with Crippen LogP contribution in [0.25, 0.3) is 11.4 Å². The van der Waals surface area contributed by atoms with Gasteiger partial charge in [0.1, 0.15) is 6.33 Å². The molecule has 2 saturated heterocycles. The number of amides is 2. The van der Waals surface area contributed by atoms with Crippen molar-refractivity contribution in [3.63, 3.8) is 0 Å². The van der Waals surface area contributed by atoms with Gasteiger partial charge in [0.25, 0.3) is 0 Å². The van der Waals surface area contributed by atoms with Crippen molar-refractivity contribution in [3.05, 3.63) is 70.5 Å². The van der Waals surface area contributed by atoms with E-state index in [-0.39, 0.29) is 30.4 Å². The summed E-state index contributed by atoms with van der Waals surface area (Å²) in [6, 6.07) is 16.3. The predicted molar refractivity (Wildman–Crippen MR) is 151 cm³/mol. The quantitative estimate of drug-likeness (QED) is 0.356. The van der Waals surface area contributed by atoms with E-state index in [1.165, 1.54) is 0 Å². The fraction of sp³-hybridized carbons (Fsp3) is 0.444. The van der Waals surface area contributed by atoms with Crippen LogP contribution in [0.2, 0.25) is 10.0 Å². The molecule has 2 fully saturated rings. The van der Waals surface area contributed by atoms with E-state index in [0.29, 0.717) is 10.0 Å². The molecule has 1 aromatic heterocycles. The molecule has 3 heterocycles. The zero-order valence-electron chi connectivity index (χ0n) is 20.7. The SMILES string of the molecule is Cl.O=C1N(CCCCn2cnnc2-c2ccccc2)CCCN1C1CCNCC1c1ccc(Cl)c(Cl)c1. The first kappa shape index (κ1) is 27.7. The van der Waals surface area contributed by atoms with E-state index in [1.54, 1.807) is 6.33 Å². The molecule has 7 nitrogen and oxygen atoms in total. The van der Waals surface area contributed by atoms with Crippen LogP contribution >= 0.6 is 35.6 Å². The van der Waals surface area contributed by atoms with Gasteiger partial charge in [0.05, 0.1) is 10.0 Å². The molecule has 10 heteroatoms. The molecule has 2 unspecified atom stereocenters. The van der Waals surface area contributed by atoms with Crippen LogP contribution in [0.5, 0.6) is 0 Å². The smallest absolute Gasteiger partial charge is 0.320 e. The number of carbonyl (C=O) groups is 1. The highest BCUT2D eigenvalue weighted by Crippen LogP contribution is 2.33. The average Bonchev–Trinajstić information content (AvgIpc) is 3.38. The summed E-state index contributed by atoms with van der Waals surface area (Å²) in [4.78, 5) is 17.7. The molecule has 2 aliphatic rings. The van der Waals surface area contributed by atoms with E-state index in [1.807, 2.05) is 53.4 Å². The second kappa shape index (κ2) is 13.0. The van der Waals surface area contributed by atoms with E-state index >= 15 is 0 Å². The number of unbranched alkanes of at least 4 members (excludes halogenated alkanes) is 1. The summed E-state index contributed by atoms with van der Waals surface area (Å²) in [5.41, 5.74) is 2.20. The van der Waals surface area contributed by atoms with Gasteiger partial charge in [-0.1, -0.05) is 59.6 Å². The van der Waals surface area contributed by atoms with Crippen molar-refractivity contribution in [2.24, 2.45) is 0 Å². The molecule has 2 amide bonds. The number of halogens is 3. The molecule has 1 N–H and O–H groups in total. The second-order valence-corrected chi connectivity index (χ2v) is 10.4. The summed E-state index contributed by atoms with van der Waals surface area (Å²) in [6.45, 7) is 4.96. The number of hydrogen-bond donors (Lipinski definition) is 1. The van der Waals surface area contributed by atoms with Crippen LogP contribution in [0.15, 0.2) is 54.9 Å². The number of rotatable bonds is 8. The lowest BCUT2D eigenvalue weighted by Crippen LogP contribution is -2.57. The van der Waals surface area contributed by atoms with E-state index in [0.717, 1.165) is 81.9 Å². The molecule has 2 aromatic carbocycles. The third-order valence-corrected chi connectivity index (χ3v) is 8.02. The van der Waals surface area contributed by atoms with Crippen LogP contribution in [0.1, 0.15) is 37.2 Å². The number of nitrogens with one attached hydrogen (secondary N) is 1. The molecule has 0 aliphatic carbocycles. The summed E-state index contributed by atoms with van der Waals surface area (Å²) in [5, 5.41) is 13.0. The minimum Gasteiger partial charge on any atom is -0.325 e. The Hall–Kier alpha value is -2.32. The minimum atomic E-state index is 0. The number of carbonyl (C=O) groups excluding carboxylic acids is 1. The summed E-state index contributed by atoms with van der Waals surface area (Å²) in [5.74, 6) is 1.08. The molecule has 37 heavy (non-hydrogen) atoms. The summed E-state index contributed by atoms with van der Waals surface area (Å²) >= 11 is 12.5. The molecular weight excluding hydrogens is 531 g/mol. The van der Waals surface area contributed by atoms with Gasteiger partial charge in [-0.15, -0.1) is 22.6 Å². The van der Waals surface area contributed by atoms with Gasteiger partial charge in [0.15, 0.2) is 5.82 Å². The summed E-state index contributed by atoms with van der Waals surface area (Å²) in [6.07, 6.45) is 5.61. The fourth-order valence-electron chi connectivity index (χ4n) is 5.43. The molecule has 2 atom stereocenters. The lowest BCUT2D eigenvalue weighted by molar-refractivity contribution is 0.0897. The number of aryl methyl sites for hydroxylation is 1. The Kier molecular flexibility index (Phi) is 9.71. The van der Waals surface area contributed by atoms with Crippen molar-refractivity contribution in [3.8, 4) is 11.4 Å². The van der Waals surface area contributed by atoms with Crippen LogP contribution < -0.4 is 5.32 Å².